The molecule has 0 amide bonds. The van der Waals surface area contributed by atoms with Gasteiger partial charge >= 0.3 is 35.8 Å². The molecule has 0 spiro atoms. The Morgan fingerprint density at radius 2 is 0.400 bits per heavy atom. The Kier molecular flexibility index (Phi) is 30.2. The van der Waals surface area contributed by atoms with E-state index in [1.54, 1.807) is 0 Å². The molecule has 0 saturated heterocycles. The Labute approximate surface area is 186 Å². The molecule has 0 bridgehead atoms. The maximum Gasteiger partial charge on any atom is 0.414 e. The fraction of sp³-hybridized carbons (Fsp3) is 0. The van der Waals surface area contributed by atoms with Gasteiger partial charge in [-0.2, -0.15) is 0 Å². The molecule has 130 valence electrons. The van der Waals surface area contributed by atoms with Crippen molar-refractivity contribution >= 4 is 35.8 Å². The largest absolute Gasteiger partial charge is 0.473 e. The molecule has 0 aromatic carbocycles. The first-order valence-electron chi connectivity index (χ1n) is 3.32. The Morgan fingerprint density at radius 3 is 0.400 bits per heavy atom. The second-order valence-corrected chi connectivity index (χ2v) is 1.83. The molecule has 0 saturated carbocycles. The van der Waals surface area contributed by atoms with Crippen LogP contribution < -0.4 is 0 Å². The standard InChI is InChI=1S/3C2H2O4.2Yb/c3*3-1(4)2(5)6;;/h3*(H,3,4)(H,5,6);;. The Morgan fingerprint density at radius 1 is 0.350 bits per heavy atom. The van der Waals surface area contributed by atoms with Gasteiger partial charge in [0.05, 0.1) is 0 Å². The quantitative estimate of drug-likeness (QED) is 0.155. The summed E-state index contributed by atoms with van der Waals surface area (Å²) in [4.78, 5) is 54.6. The van der Waals surface area contributed by atoms with Crippen LogP contribution in [0.25, 0.3) is 0 Å². The van der Waals surface area contributed by atoms with Crippen LogP contribution in [0.4, 0.5) is 0 Å². The van der Waals surface area contributed by atoms with Crippen LogP contribution in [-0.4, -0.2) is 66.5 Å². The smallest absolute Gasteiger partial charge is 0.414 e. The van der Waals surface area contributed by atoms with Crippen molar-refractivity contribution in [2.45, 2.75) is 0 Å². The average Bonchev–Trinajstić information content (AvgIpc) is 2.18. The van der Waals surface area contributed by atoms with Crippen molar-refractivity contribution in [2.75, 3.05) is 0 Å². The van der Waals surface area contributed by atoms with E-state index in [4.69, 9.17) is 59.4 Å². The van der Waals surface area contributed by atoms with Crippen LogP contribution in [0.1, 0.15) is 0 Å². The van der Waals surface area contributed by atoms with Crippen molar-refractivity contribution in [3.05, 3.63) is 0 Å². The molecule has 12 nitrogen and oxygen atoms in total. The number of carbonyl (C=O) groups is 6. The van der Waals surface area contributed by atoms with E-state index in [-0.39, 0.29) is 93.8 Å². The summed E-state index contributed by atoms with van der Waals surface area (Å²) in [7, 11) is 0. The molecule has 0 aliphatic carbocycles. The van der Waals surface area contributed by atoms with Gasteiger partial charge in [-0.05, 0) is 0 Å². The van der Waals surface area contributed by atoms with Crippen LogP contribution in [-0.2, 0) is 28.8 Å². The van der Waals surface area contributed by atoms with Gasteiger partial charge in [0.2, 0.25) is 0 Å². The molecule has 20 heavy (non-hydrogen) atoms. The molecule has 14 heteroatoms. The van der Waals surface area contributed by atoms with Crippen LogP contribution in [0.3, 0.4) is 0 Å². The zero-order valence-electron chi connectivity index (χ0n) is 8.67. The third kappa shape index (κ3) is 36.1. The molecule has 0 aromatic rings. The van der Waals surface area contributed by atoms with Crippen LogP contribution in [0.2, 0.25) is 0 Å². The fourth-order valence-electron chi connectivity index (χ4n) is 0. The van der Waals surface area contributed by atoms with Gasteiger partial charge in [0.1, 0.15) is 0 Å². The van der Waals surface area contributed by atoms with E-state index in [9.17, 15) is 0 Å². The average molecular weight is 616 g/mol. The zero-order chi connectivity index (χ0) is 15.5. The van der Waals surface area contributed by atoms with Gasteiger partial charge in [-0.1, -0.05) is 0 Å². The van der Waals surface area contributed by atoms with Gasteiger partial charge in [0.25, 0.3) is 0 Å². The van der Waals surface area contributed by atoms with Gasteiger partial charge in [-0.15, -0.1) is 0 Å². The summed E-state index contributed by atoms with van der Waals surface area (Å²) < 4.78 is 0. The third-order valence-corrected chi connectivity index (χ3v) is 0.549. The van der Waals surface area contributed by atoms with Crippen LogP contribution in [0.15, 0.2) is 0 Å². The van der Waals surface area contributed by atoms with E-state index in [0.717, 1.165) is 0 Å². The van der Waals surface area contributed by atoms with Crippen LogP contribution in [0.5, 0.6) is 0 Å². The molecule has 0 fully saturated rings. The molecular weight excluding hydrogens is 610 g/mol. The number of carboxylic acid groups (broad SMARTS) is 6. The first-order valence-corrected chi connectivity index (χ1v) is 3.32. The third-order valence-electron chi connectivity index (χ3n) is 0.549. The first-order chi connectivity index (χ1) is 7.93. The summed E-state index contributed by atoms with van der Waals surface area (Å²) in [6, 6.07) is 0. The molecule has 0 rings (SSSR count). The summed E-state index contributed by atoms with van der Waals surface area (Å²) in [6.07, 6.45) is 0. The summed E-state index contributed by atoms with van der Waals surface area (Å²) in [5.41, 5.74) is 0. The van der Waals surface area contributed by atoms with Gasteiger partial charge in [-0.25, -0.2) is 28.8 Å². The van der Waals surface area contributed by atoms with Crippen molar-refractivity contribution in [1.82, 2.24) is 0 Å². The molecule has 0 unspecified atom stereocenters. The monoisotopic (exact) mass is 618 g/mol. The summed E-state index contributed by atoms with van der Waals surface area (Å²) in [6.45, 7) is 0. The minimum absolute atomic E-state index is 0. The molecular formula is C6H6O12Yb2. The molecule has 0 atom stereocenters. The number of carboxylic acids is 6. The number of rotatable bonds is 0. The summed E-state index contributed by atoms with van der Waals surface area (Å²) in [5.74, 6) is -10.9. The van der Waals surface area contributed by atoms with E-state index >= 15 is 0 Å². The zero-order valence-corrected chi connectivity index (χ0v) is 12.1. The minimum atomic E-state index is -1.82. The van der Waals surface area contributed by atoms with E-state index in [0.29, 0.717) is 0 Å². The molecule has 0 aliphatic heterocycles. The normalized spacial score (nSPS) is 6.60. The predicted molar refractivity (Wildman–Crippen MR) is 45.8 cm³/mol. The fourth-order valence-corrected chi connectivity index (χ4v) is 0. The predicted octanol–water partition coefficient (Wildman–Crippen LogP) is -2.53. The molecule has 6 N–H and O–H groups in total. The Bertz CT molecular complexity index is 281. The Hall–Kier alpha value is -0.141. The van der Waals surface area contributed by atoms with Crippen molar-refractivity contribution < 1.29 is 153 Å². The number of aliphatic carboxylic acids is 6. The van der Waals surface area contributed by atoms with Crippen LogP contribution >= 0.6 is 0 Å². The topological polar surface area (TPSA) is 224 Å². The van der Waals surface area contributed by atoms with Crippen molar-refractivity contribution in [3.63, 3.8) is 0 Å². The number of hydrogen-bond acceptors (Lipinski definition) is 6. The molecule has 0 heterocycles. The van der Waals surface area contributed by atoms with Gasteiger partial charge in [-0.3, -0.25) is 0 Å². The second-order valence-electron chi connectivity index (χ2n) is 1.83. The van der Waals surface area contributed by atoms with E-state index < -0.39 is 35.8 Å². The number of hydrogen-bond donors (Lipinski definition) is 6. The van der Waals surface area contributed by atoms with E-state index in [2.05, 4.69) is 0 Å². The summed E-state index contributed by atoms with van der Waals surface area (Å²) >= 11 is 0. The minimum Gasteiger partial charge on any atom is -0.473 e. The molecule has 0 radical (unpaired) electrons. The maximum absolute atomic E-state index is 9.10. The second kappa shape index (κ2) is 18.9. The van der Waals surface area contributed by atoms with Crippen molar-refractivity contribution in [1.29, 1.82) is 0 Å². The van der Waals surface area contributed by atoms with Crippen molar-refractivity contribution in [3.8, 4) is 0 Å². The molecule has 0 aromatic heterocycles. The molecule has 0 aliphatic rings. The SMILES string of the molecule is O=C(O)C(=O)O.O=C(O)C(=O)O.O=C(O)C(=O)O.[Yb].[Yb]. The maximum atomic E-state index is 9.10. The van der Waals surface area contributed by atoms with Gasteiger partial charge < -0.3 is 30.6 Å². The summed E-state index contributed by atoms with van der Waals surface area (Å²) in [5, 5.41) is 44.3. The Balaban J connectivity index is -0.0000000536. The van der Waals surface area contributed by atoms with Gasteiger partial charge in [0.15, 0.2) is 0 Å². The van der Waals surface area contributed by atoms with E-state index in [1.807, 2.05) is 0 Å². The first kappa shape index (κ1) is 32.0. The van der Waals surface area contributed by atoms with E-state index in [1.165, 1.54) is 0 Å². The van der Waals surface area contributed by atoms with Crippen LogP contribution in [0, 0.1) is 93.8 Å². The van der Waals surface area contributed by atoms with Crippen molar-refractivity contribution in [2.24, 2.45) is 0 Å². The van der Waals surface area contributed by atoms with Gasteiger partial charge in [0, 0.05) is 93.8 Å².